The summed E-state index contributed by atoms with van der Waals surface area (Å²) in [6.07, 6.45) is -2.18. The van der Waals surface area contributed by atoms with Crippen LogP contribution in [0.5, 0.6) is 5.75 Å². The molecule has 5 N–H and O–H groups in total. The van der Waals surface area contributed by atoms with Crippen LogP contribution >= 0.6 is 7.82 Å². The second kappa shape index (κ2) is 9.29. The van der Waals surface area contributed by atoms with E-state index in [1.54, 1.807) is 0 Å². The Morgan fingerprint density at radius 1 is 1.21 bits per heavy atom. The number of nitrogens with one attached hydrogen (secondary N) is 1. The van der Waals surface area contributed by atoms with Gasteiger partial charge >= 0.3 is 25.5 Å². The van der Waals surface area contributed by atoms with Gasteiger partial charge in [-0.05, 0) is 25.1 Å². The number of nitrogens with zero attached hydrogens (tertiary/aromatic N) is 1. The first-order chi connectivity index (χ1) is 15.4. The van der Waals surface area contributed by atoms with Crippen molar-refractivity contribution >= 4 is 19.8 Å². The van der Waals surface area contributed by atoms with Gasteiger partial charge in [0.25, 0.3) is 5.56 Å². The Morgan fingerprint density at radius 3 is 2.39 bits per heavy atom. The Hall–Kier alpha value is -3.29. The fourth-order valence-electron chi connectivity index (χ4n) is 3.06. The topological polar surface area (TPSA) is 215 Å². The predicted octanol–water partition coefficient (Wildman–Crippen LogP) is 0.0858. The van der Waals surface area contributed by atoms with E-state index in [0.717, 1.165) is 22.8 Å². The van der Waals surface area contributed by atoms with Gasteiger partial charge in [0.2, 0.25) is 0 Å². The molecule has 2 aromatic rings. The molecule has 1 aromatic carbocycles. The highest BCUT2D eigenvalue weighted by molar-refractivity contribution is 7.47. The summed E-state index contributed by atoms with van der Waals surface area (Å²) in [6.45, 7) is 0.808. The second-order valence-electron chi connectivity index (χ2n) is 7.12. The molecule has 3 rings (SSSR count). The van der Waals surface area contributed by atoms with Gasteiger partial charge in [-0.15, -0.1) is 0 Å². The molecule has 0 bridgehead atoms. The van der Waals surface area contributed by atoms with Crippen LogP contribution in [0.4, 0.5) is 0 Å². The number of aromatic nitrogens is 2. The minimum atomic E-state index is -4.90. The van der Waals surface area contributed by atoms with E-state index in [0.29, 0.717) is 0 Å². The molecule has 15 heteroatoms. The van der Waals surface area contributed by atoms with Crippen molar-refractivity contribution in [2.45, 2.75) is 31.8 Å². The average Bonchev–Trinajstić information content (AvgIpc) is 3.09. The number of phosphoric ester groups is 1. The lowest BCUT2D eigenvalue weighted by Crippen LogP contribution is -2.33. The molecular formula is C18H19N2O12P. The van der Waals surface area contributed by atoms with Gasteiger partial charge in [0.15, 0.2) is 0 Å². The number of aromatic carboxylic acids is 2. The van der Waals surface area contributed by atoms with Crippen molar-refractivity contribution in [1.82, 2.24) is 9.55 Å². The number of aromatic amines is 1. The Morgan fingerprint density at radius 2 is 1.82 bits per heavy atom. The highest BCUT2D eigenvalue weighted by Gasteiger charge is 2.38. The number of hydrogen-bond acceptors (Lipinski definition) is 9. The van der Waals surface area contributed by atoms with E-state index in [2.05, 4.69) is 4.98 Å². The molecule has 0 spiro atoms. The Labute approximate surface area is 184 Å². The van der Waals surface area contributed by atoms with Crippen molar-refractivity contribution in [3.63, 3.8) is 0 Å². The van der Waals surface area contributed by atoms with Crippen LogP contribution in [0.2, 0.25) is 0 Å². The molecule has 1 aliphatic rings. The first-order valence-electron chi connectivity index (χ1n) is 9.30. The van der Waals surface area contributed by atoms with E-state index in [4.69, 9.17) is 24.0 Å². The van der Waals surface area contributed by atoms with E-state index < -0.39 is 72.9 Å². The molecule has 4 atom stereocenters. The minimum absolute atomic E-state index is 0.0847. The van der Waals surface area contributed by atoms with Crippen molar-refractivity contribution in [2.75, 3.05) is 6.61 Å². The lowest BCUT2D eigenvalue weighted by molar-refractivity contribution is -0.0447. The number of carboxylic acids is 2. The molecule has 1 fully saturated rings. The molecule has 0 radical (unpaired) electrons. The summed E-state index contributed by atoms with van der Waals surface area (Å²) in [5, 5.41) is 28.3. The van der Waals surface area contributed by atoms with Crippen LogP contribution < -0.4 is 15.8 Å². The summed E-state index contributed by atoms with van der Waals surface area (Å²) in [7, 11) is -4.90. The third-order valence-electron chi connectivity index (χ3n) is 4.68. The summed E-state index contributed by atoms with van der Waals surface area (Å²) in [4.78, 5) is 57.8. The smallest absolute Gasteiger partial charge is 0.478 e. The first-order valence-corrected chi connectivity index (χ1v) is 10.8. The van der Waals surface area contributed by atoms with Crippen LogP contribution in [0.15, 0.2) is 34.0 Å². The molecule has 14 nitrogen and oxygen atoms in total. The van der Waals surface area contributed by atoms with Gasteiger partial charge in [-0.3, -0.25) is 23.8 Å². The van der Waals surface area contributed by atoms with Gasteiger partial charge in [0.05, 0.1) is 23.8 Å². The molecule has 0 saturated carbocycles. The van der Waals surface area contributed by atoms with Crippen LogP contribution in [0.1, 0.15) is 38.9 Å². The summed E-state index contributed by atoms with van der Waals surface area (Å²) >= 11 is 0. The van der Waals surface area contributed by atoms with Crippen molar-refractivity contribution in [3.05, 3.63) is 61.9 Å². The predicted molar refractivity (Wildman–Crippen MR) is 107 cm³/mol. The Kier molecular flexibility index (Phi) is 6.86. The quantitative estimate of drug-likeness (QED) is 0.314. The zero-order valence-corrected chi connectivity index (χ0v) is 17.8. The van der Waals surface area contributed by atoms with Crippen LogP contribution in [0.3, 0.4) is 0 Å². The first kappa shape index (κ1) is 24.4. The largest absolute Gasteiger partial charge is 0.527 e. The zero-order chi connectivity index (χ0) is 24.5. The number of aliphatic hydroxyl groups is 1. The van der Waals surface area contributed by atoms with Gasteiger partial charge < -0.3 is 24.6 Å². The van der Waals surface area contributed by atoms with Crippen molar-refractivity contribution < 1.29 is 48.2 Å². The maximum atomic E-state index is 12.3. The third-order valence-corrected chi connectivity index (χ3v) is 5.60. The van der Waals surface area contributed by atoms with Gasteiger partial charge in [-0.1, -0.05) is 0 Å². The number of carbonyl (C=O) groups is 2. The van der Waals surface area contributed by atoms with Crippen LogP contribution in [-0.4, -0.2) is 60.5 Å². The van der Waals surface area contributed by atoms with Gasteiger partial charge in [-0.25, -0.2) is 18.9 Å². The number of ether oxygens (including phenoxy) is 1. The summed E-state index contributed by atoms with van der Waals surface area (Å²) in [6, 6.07) is 2.51. The SMILES string of the molecule is Cc1cn([C@H]2C[C@H](O)[C@@H](COP(=O)(O)Oc3cc(C(=O)O)cc(C(=O)O)c3)O2)c(=O)[nH]c1=O. The van der Waals surface area contributed by atoms with Gasteiger partial charge in [0.1, 0.15) is 18.1 Å². The molecule has 1 aromatic heterocycles. The highest BCUT2D eigenvalue weighted by Crippen LogP contribution is 2.45. The Bertz CT molecular complexity index is 1220. The maximum Gasteiger partial charge on any atom is 0.527 e. The lowest BCUT2D eigenvalue weighted by Gasteiger charge is -2.18. The molecule has 1 saturated heterocycles. The summed E-state index contributed by atoms with van der Waals surface area (Å²) in [5.41, 5.74) is -2.11. The third kappa shape index (κ3) is 5.74. The van der Waals surface area contributed by atoms with Gasteiger partial charge in [0, 0.05) is 18.2 Å². The minimum Gasteiger partial charge on any atom is -0.478 e. The van der Waals surface area contributed by atoms with E-state index >= 15 is 0 Å². The van der Waals surface area contributed by atoms with E-state index in [1.165, 1.54) is 13.1 Å². The normalized spacial score (nSPS) is 22.0. The van der Waals surface area contributed by atoms with E-state index in [1.807, 2.05) is 0 Å². The monoisotopic (exact) mass is 486 g/mol. The number of phosphoric acid groups is 1. The van der Waals surface area contributed by atoms with Crippen LogP contribution in [0, 0.1) is 6.92 Å². The fraction of sp³-hybridized carbons (Fsp3) is 0.333. The molecule has 1 aliphatic heterocycles. The molecular weight excluding hydrogens is 467 g/mol. The number of benzene rings is 1. The van der Waals surface area contributed by atoms with E-state index in [-0.39, 0.29) is 12.0 Å². The number of hydrogen-bond donors (Lipinski definition) is 5. The van der Waals surface area contributed by atoms with Crippen molar-refractivity contribution in [3.8, 4) is 5.75 Å². The number of aliphatic hydroxyl groups excluding tert-OH is 1. The average molecular weight is 486 g/mol. The maximum absolute atomic E-state index is 12.3. The summed E-state index contributed by atoms with van der Waals surface area (Å²) < 4.78 is 28.4. The molecule has 1 unspecified atom stereocenters. The van der Waals surface area contributed by atoms with Crippen LogP contribution in [-0.2, 0) is 13.8 Å². The second-order valence-corrected chi connectivity index (χ2v) is 8.50. The van der Waals surface area contributed by atoms with Crippen molar-refractivity contribution in [2.24, 2.45) is 0 Å². The number of carboxylic acid groups (broad SMARTS) is 2. The van der Waals surface area contributed by atoms with E-state index in [9.17, 15) is 33.7 Å². The molecule has 178 valence electrons. The molecule has 2 heterocycles. The molecule has 0 aliphatic carbocycles. The number of H-pyrrole nitrogens is 1. The van der Waals surface area contributed by atoms with Crippen LogP contribution in [0.25, 0.3) is 0 Å². The molecule has 33 heavy (non-hydrogen) atoms. The lowest BCUT2D eigenvalue weighted by atomic mass is 10.1. The van der Waals surface area contributed by atoms with Gasteiger partial charge in [-0.2, -0.15) is 0 Å². The number of rotatable bonds is 8. The Balaban J connectivity index is 1.69. The number of aryl methyl sites for hydroxylation is 1. The fourth-order valence-corrected chi connectivity index (χ4v) is 3.82. The summed E-state index contributed by atoms with van der Waals surface area (Å²) in [5.74, 6) is -3.52. The van der Waals surface area contributed by atoms with Crippen molar-refractivity contribution in [1.29, 1.82) is 0 Å². The highest BCUT2D eigenvalue weighted by atomic mass is 31.2. The standard InChI is InChI=1S/C18H19N2O12P/c1-8-6-20(18(27)19-15(8)22)14-5-12(21)13(31-14)7-30-33(28,29)32-11-3-9(16(23)24)2-10(4-11)17(25)26/h2-4,6,12-14,21H,5,7H2,1H3,(H,23,24)(H,25,26)(H,28,29)(H,19,22,27)/t12-,13+,14+/m0/s1. The molecule has 0 amide bonds. The zero-order valence-electron chi connectivity index (χ0n) is 16.9.